The third-order valence-electron chi connectivity index (χ3n) is 2.15. The maximum absolute atomic E-state index is 10.5. The van der Waals surface area contributed by atoms with Gasteiger partial charge in [-0.05, 0) is 28.4 Å². The van der Waals surface area contributed by atoms with E-state index in [-0.39, 0.29) is 0 Å². The molecule has 0 radical (unpaired) electrons. The van der Waals surface area contributed by atoms with E-state index in [0.29, 0.717) is 5.92 Å². The Bertz CT molecular complexity index is 315. The van der Waals surface area contributed by atoms with E-state index >= 15 is 0 Å². The normalized spacial score (nSPS) is 22.1. The summed E-state index contributed by atoms with van der Waals surface area (Å²) in [4.78, 5) is 12.6. The van der Waals surface area contributed by atoms with Crippen molar-refractivity contribution in [2.24, 2.45) is 0 Å². The van der Waals surface area contributed by atoms with Crippen LogP contribution < -0.4 is 0 Å². The third-order valence-corrected chi connectivity index (χ3v) is 4.29. The zero-order valence-corrected chi connectivity index (χ0v) is 9.36. The summed E-state index contributed by atoms with van der Waals surface area (Å²) in [5.74, 6) is 0.480. The summed E-state index contributed by atoms with van der Waals surface area (Å²) in [6.07, 6.45) is 1.96. The molecule has 0 aromatic carbocycles. The van der Waals surface area contributed by atoms with Crippen molar-refractivity contribution in [2.75, 3.05) is 13.2 Å². The molecule has 0 spiro atoms. The lowest BCUT2D eigenvalue weighted by Gasteiger charge is -2.03. The van der Waals surface area contributed by atoms with Gasteiger partial charge in [0.1, 0.15) is 0 Å². The largest absolute Gasteiger partial charge is 0.381 e. The summed E-state index contributed by atoms with van der Waals surface area (Å²) < 4.78 is 6.36. The third kappa shape index (κ3) is 1.85. The fourth-order valence-corrected chi connectivity index (χ4v) is 3.43. The summed E-state index contributed by atoms with van der Waals surface area (Å²) in [5.41, 5.74) is 0. The lowest BCUT2D eigenvalue weighted by atomic mass is 10.1. The smallest absolute Gasteiger partial charge is 0.160 e. The van der Waals surface area contributed by atoms with Gasteiger partial charge in [-0.2, -0.15) is 0 Å². The molecule has 1 saturated heterocycles. The van der Waals surface area contributed by atoms with Crippen LogP contribution in [0, 0.1) is 0 Å². The summed E-state index contributed by atoms with van der Waals surface area (Å²) in [5, 5.41) is 0. The van der Waals surface area contributed by atoms with Gasteiger partial charge in [0.2, 0.25) is 0 Å². The molecular formula is C9H9BrO2S. The van der Waals surface area contributed by atoms with Crippen LogP contribution in [0.4, 0.5) is 0 Å². The number of hydrogen-bond acceptors (Lipinski definition) is 3. The predicted molar refractivity (Wildman–Crippen MR) is 55.6 cm³/mol. The zero-order chi connectivity index (χ0) is 9.26. The number of thiophene rings is 1. The molecule has 1 fully saturated rings. The Morgan fingerprint density at radius 3 is 3.08 bits per heavy atom. The summed E-state index contributed by atoms with van der Waals surface area (Å²) in [7, 11) is 0. The molecule has 1 atom stereocenters. The van der Waals surface area contributed by atoms with Crippen molar-refractivity contribution in [2.45, 2.75) is 12.3 Å². The van der Waals surface area contributed by atoms with Gasteiger partial charge in [0.15, 0.2) is 6.29 Å². The Kier molecular flexibility index (Phi) is 2.81. The van der Waals surface area contributed by atoms with Gasteiger partial charge in [0.05, 0.1) is 11.5 Å². The van der Waals surface area contributed by atoms with Crippen molar-refractivity contribution in [3.63, 3.8) is 0 Å². The first kappa shape index (κ1) is 9.37. The highest BCUT2D eigenvalue weighted by Gasteiger charge is 2.22. The van der Waals surface area contributed by atoms with E-state index in [1.54, 1.807) is 11.3 Å². The maximum atomic E-state index is 10.5. The Hall–Kier alpha value is -0.190. The molecular weight excluding hydrogens is 252 g/mol. The second kappa shape index (κ2) is 3.90. The molecule has 2 nitrogen and oxygen atoms in total. The van der Waals surface area contributed by atoms with E-state index in [0.717, 1.165) is 35.3 Å². The van der Waals surface area contributed by atoms with Crippen LogP contribution in [0.3, 0.4) is 0 Å². The van der Waals surface area contributed by atoms with Gasteiger partial charge >= 0.3 is 0 Å². The van der Waals surface area contributed by atoms with E-state index < -0.39 is 0 Å². The van der Waals surface area contributed by atoms with Crippen molar-refractivity contribution in [1.29, 1.82) is 0 Å². The molecule has 0 bridgehead atoms. The molecule has 2 heterocycles. The van der Waals surface area contributed by atoms with Crippen molar-refractivity contribution in [3.8, 4) is 0 Å². The fraction of sp³-hybridized carbons (Fsp3) is 0.444. The van der Waals surface area contributed by atoms with E-state index in [9.17, 15) is 4.79 Å². The first-order chi connectivity index (χ1) is 6.31. The SMILES string of the molecule is O=Cc1cc(Br)c(C2CCOC2)s1. The highest BCUT2D eigenvalue weighted by Crippen LogP contribution is 2.36. The van der Waals surface area contributed by atoms with Gasteiger partial charge in [-0.25, -0.2) is 0 Å². The molecule has 1 aromatic heterocycles. The van der Waals surface area contributed by atoms with Crippen molar-refractivity contribution >= 4 is 33.6 Å². The number of ether oxygens (including phenoxy) is 1. The van der Waals surface area contributed by atoms with Crippen molar-refractivity contribution < 1.29 is 9.53 Å². The van der Waals surface area contributed by atoms with Crippen molar-refractivity contribution in [1.82, 2.24) is 0 Å². The van der Waals surface area contributed by atoms with Crippen molar-refractivity contribution in [3.05, 3.63) is 20.3 Å². The Labute approximate surface area is 89.0 Å². The number of carbonyl (C=O) groups excluding carboxylic acids is 1. The van der Waals surface area contributed by atoms with Gasteiger partial charge in [0.25, 0.3) is 0 Å². The first-order valence-electron chi connectivity index (χ1n) is 4.13. The van der Waals surface area contributed by atoms with E-state index in [2.05, 4.69) is 15.9 Å². The maximum Gasteiger partial charge on any atom is 0.160 e. The molecule has 1 aromatic rings. The number of rotatable bonds is 2. The topological polar surface area (TPSA) is 26.3 Å². The highest BCUT2D eigenvalue weighted by molar-refractivity contribution is 9.10. The molecule has 2 rings (SSSR count). The fourth-order valence-electron chi connectivity index (χ4n) is 1.48. The summed E-state index contributed by atoms with van der Waals surface area (Å²) in [6, 6.07) is 1.88. The molecule has 70 valence electrons. The van der Waals surface area contributed by atoms with E-state index in [1.807, 2.05) is 6.07 Å². The molecule has 1 aliphatic heterocycles. The Balaban J connectivity index is 2.27. The highest BCUT2D eigenvalue weighted by atomic mass is 79.9. The quantitative estimate of drug-likeness (QED) is 0.765. The Morgan fingerprint density at radius 2 is 2.54 bits per heavy atom. The Morgan fingerprint density at radius 1 is 1.69 bits per heavy atom. The minimum atomic E-state index is 0.480. The minimum Gasteiger partial charge on any atom is -0.381 e. The predicted octanol–water partition coefficient (Wildman–Crippen LogP) is 2.83. The van der Waals surface area contributed by atoms with E-state index in [4.69, 9.17) is 4.74 Å². The standard InChI is InChI=1S/C9H9BrO2S/c10-8-3-7(4-11)13-9(8)6-1-2-12-5-6/h3-4,6H,1-2,5H2. The van der Waals surface area contributed by atoms with Gasteiger partial charge in [-0.15, -0.1) is 11.3 Å². The van der Waals surface area contributed by atoms with Crippen LogP contribution in [-0.2, 0) is 4.74 Å². The number of carbonyl (C=O) groups is 1. The molecule has 0 amide bonds. The first-order valence-corrected chi connectivity index (χ1v) is 5.74. The summed E-state index contributed by atoms with van der Waals surface area (Å²) >= 11 is 5.03. The lowest BCUT2D eigenvalue weighted by molar-refractivity contribution is 0.112. The monoisotopic (exact) mass is 260 g/mol. The number of halogens is 1. The molecule has 1 aliphatic rings. The van der Waals surface area contributed by atoms with Crippen LogP contribution in [0.5, 0.6) is 0 Å². The van der Waals surface area contributed by atoms with Gasteiger partial charge in [0, 0.05) is 21.9 Å². The lowest BCUT2D eigenvalue weighted by Crippen LogP contribution is -1.94. The van der Waals surface area contributed by atoms with Gasteiger partial charge < -0.3 is 4.74 Å². The van der Waals surface area contributed by atoms with Crippen LogP contribution in [-0.4, -0.2) is 19.5 Å². The van der Waals surface area contributed by atoms with Crippen LogP contribution in [0.1, 0.15) is 26.9 Å². The number of hydrogen-bond donors (Lipinski definition) is 0. The second-order valence-electron chi connectivity index (χ2n) is 3.04. The second-order valence-corrected chi connectivity index (χ2v) is 5.01. The van der Waals surface area contributed by atoms with Crippen LogP contribution >= 0.6 is 27.3 Å². The molecule has 13 heavy (non-hydrogen) atoms. The van der Waals surface area contributed by atoms with Gasteiger partial charge in [-0.1, -0.05) is 0 Å². The van der Waals surface area contributed by atoms with Crippen LogP contribution in [0.15, 0.2) is 10.5 Å². The molecule has 1 unspecified atom stereocenters. The van der Waals surface area contributed by atoms with Gasteiger partial charge in [-0.3, -0.25) is 4.79 Å². The average Bonchev–Trinajstić information content (AvgIpc) is 2.72. The average molecular weight is 261 g/mol. The molecule has 4 heteroatoms. The summed E-state index contributed by atoms with van der Waals surface area (Å²) in [6.45, 7) is 1.63. The molecule has 0 N–H and O–H groups in total. The molecule has 0 aliphatic carbocycles. The number of aldehydes is 1. The van der Waals surface area contributed by atoms with Crippen LogP contribution in [0.2, 0.25) is 0 Å². The molecule has 0 saturated carbocycles. The van der Waals surface area contributed by atoms with E-state index in [1.165, 1.54) is 4.88 Å². The zero-order valence-electron chi connectivity index (χ0n) is 6.96. The minimum absolute atomic E-state index is 0.480. The van der Waals surface area contributed by atoms with Crippen LogP contribution in [0.25, 0.3) is 0 Å².